The van der Waals surface area contributed by atoms with Crippen LogP contribution in [-0.4, -0.2) is 10.2 Å². The van der Waals surface area contributed by atoms with Crippen molar-refractivity contribution in [2.45, 2.75) is 13.3 Å². The molecule has 1 aromatic heterocycles. The SMILES string of the molecule is CCc1c(N)n[nH]c1-c1cccc(F)c1Br. The Labute approximate surface area is 101 Å². The molecule has 1 heterocycles. The van der Waals surface area contributed by atoms with Gasteiger partial charge in [-0.25, -0.2) is 4.39 Å². The van der Waals surface area contributed by atoms with Gasteiger partial charge in [0.2, 0.25) is 0 Å². The molecule has 3 nitrogen and oxygen atoms in total. The molecule has 3 N–H and O–H groups in total. The first-order valence-electron chi connectivity index (χ1n) is 4.92. The summed E-state index contributed by atoms with van der Waals surface area (Å²) in [7, 11) is 0. The lowest BCUT2D eigenvalue weighted by Gasteiger charge is -2.05. The van der Waals surface area contributed by atoms with Crippen LogP contribution in [0.3, 0.4) is 0 Å². The summed E-state index contributed by atoms with van der Waals surface area (Å²) in [6, 6.07) is 4.88. The van der Waals surface area contributed by atoms with E-state index in [1.165, 1.54) is 6.07 Å². The number of benzene rings is 1. The fraction of sp³-hybridized carbons (Fsp3) is 0.182. The summed E-state index contributed by atoms with van der Waals surface area (Å²) in [5.41, 5.74) is 8.14. The maximum absolute atomic E-state index is 13.4. The summed E-state index contributed by atoms with van der Waals surface area (Å²) in [5, 5.41) is 6.78. The summed E-state index contributed by atoms with van der Waals surface area (Å²) in [4.78, 5) is 0. The zero-order chi connectivity index (χ0) is 11.7. The van der Waals surface area contributed by atoms with Crippen LogP contribution in [0.5, 0.6) is 0 Å². The standard InChI is InChI=1S/C11H11BrFN3/c1-2-6-10(15-16-11(6)14)7-4-3-5-8(13)9(7)12/h3-5H,2H2,1H3,(H3,14,15,16). The van der Waals surface area contributed by atoms with Gasteiger partial charge in [0.15, 0.2) is 0 Å². The average molecular weight is 284 g/mol. The monoisotopic (exact) mass is 283 g/mol. The molecule has 0 fully saturated rings. The number of rotatable bonds is 2. The number of H-pyrrole nitrogens is 1. The molecule has 2 aromatic rings. The van der Waals surface area contributed by atoms with E-state index >= 15 is 0 Å². The summed E-state index contributed by atoms with van der Waals surface area (Å²) in [5.74, 6) is 0.168. The van der Waals surface area contributed by atoms with E-state index in [0.29, 0.717) is 10.3 Å². The van der Waals surface area contributed by atoms with E-state index in [9.17, 15) is 4.39 Å². The highest BCUT2D eigenvalue weighted by Crippen LogP contribution is 2.32. The summed E-state index contributed by atoms with van der Waals surface area (Å²) < 4.78 is 13.8. The molecule has 0 aliphatic carbocycles. The molecule has 0 spiro atoms. The summed E-state index contributed by atoms with van der Waals surface area (Å²) in [6.45, 7) is 1.98. The molecule has 0 unspecified atom stereocenters. The van der Waals surface area contributed by atoms with Crippen LogP contribution in [0.15, 0.2) is 22.7 Å². The van der Waals surface area contributed by atoms with Gasteiger partial charge in [-0.1, -0.05) is 19.1 Å². The lowest BCUT2D eigenvalue weighted by atomic mass is 10.1. The smallest absolute Gasteiger partial charge is 0.149 e. The largest absolute Gasteiger partial charge is 0.382 e. The van der Waals surface area contributed by atoms with Crippen molar-refractivity contribution in [2.24, 2.45) is 0 Å². The van der Waals surface area contributed by atoms with E-state index in [1.54, 1.807) is 6.07 Å². The van der Waals surface area contributed by atoms with Crippen LogP contribution in [0.4, 0.5) is 10.2 Å². The van der Waals surface area contributed by atoms with Gasteiger partial charge in [-0.15, -0.1) is 0 Å². The van der Waals surface area contributed by atoms with Crippen LogP contribution < -0.4 is 5.73 Å². The Kier molecular flexibility index (Phi) is 2.96. The minimum Gasteiger partial charge on any atom is -0.382 e. The second-order valence-corrected chi connectivity index (χ2v) is 4.21. The molecule has 0 radical (unpaired) electrons. The van der Waals surface area contributed by atoms with E-state index in [-0.39, 0.29) is 5.82 Å². The fourth-order valence-corrected chi connectivity index (χ4v) is 2.12. The first-order chi connectivity index (χ1) is 7.65. The van der Waals surface area contributed by atoms with Gasteiger partial charge in [0.25, 0.3) is 0 Å². The number of hydrogen-bond donors (Lipinski definition) is 2. The molecular formula is C11H11BrFN3. The molecule has 0 amide bonds. The van der Waals surface area contributed by atoms with Gasteiger partial charge in [-0.3, -0.25) is 5.10 Å². The molecule has 1 aromatic carbocycles. The van der Waals surface area contributed by atoms with Crippen molar-refractivity contribution < 1.29 is 4.39 Å². The van der Waals surface area contributed by atoms with Crippen molar-refractivity contribution in [3.05, 3.63) is 34.1 Å². The second kappa shape index (κ2) is 4.25. The minimum absolute atomic E-state index is 0.298. The van der Waals surface area contributed by atoms with Crippen LogP contribution in [-0.2, 0) is 6.42 Å². The van der Waals surface area contributed by atoms with Crippen LogP contribution in [0.25, 0.3) is 11.3 Å². The van der Waals surface area contributed by atoms with Crippen molar-refractivity contribution in [1.82, 2.24) is 10.2 Å². The van der Waals surface area contributed by atoms with Gasteiger partial charge in [-0.05, 0) is 28.4 Å². The predicted octanol–water partition coefficient (Wildman–Crippen LogP) is 3.12. The molecule has 0 atom stereocenters. The van der Waals surface area contributed by atoms with Crippen molar-refractivity contribution >= 4 is 21.7 Å². The van der Waals surface area contributed by atoms with E-state index in [0.717, 1.165) is 23.2 Å². The number of hydrogen-bond acceptors (Lipinski definition) is 2. The van der Waals surface area contributed by atoms with Gasteiger partial charge in [0.05, 0.1) is 10.2 Å². The highest BCUT2D eigenvalue weighted by atomic mass is 79.9. The van der Waals surface area contributed by atoms with Crippen LogP contribution in [0.1, 0.15) is 12.5 Å². The van der Waals surface area contributed by atoms with E-state index in [2.05, 4.69) is 26.1 Å². The van der Waals surface area contributed by atoms with Crippen molar-refractivity contribution in [2.75, 3.05) is 5.73 Å². The average Bonchev–Trinajstić information content (AvgIpc) is 2.63. The van der Waals surface area contributed by atoms with E-state index in [1.807, 2.05) is 13.0 Å². The predicted molar refractivity (Wildman–Crippen MR) is 65.5 cm³/mol. The molecule has 0 aliphatic rings. The lowest BCUT2D eigenvalue weighted by Crippen LogP contribution is -1.92. The van der Waals surface area contributed by atoms with Crippen molar-refractivity contribution in [1.29, 1.82) is 0 Å². The molecule has 0 saturated heterocycles. The Hall–Kier alpha value is -1.36. The zero-order valence-electron chi connectivity index (χ0n) is 8.72. The quantitative estimate of drug-likeness (QED) is 0.890. The first-order valence-corrected chi connectivity index (χ1v) is 5.71. The molecule has 5 heteroatoms. The fourth-order valence-electron chi connectivity index (χ4n) is 1.66. The second-order valence-electron chi connectivity index (χ2n) is 3.42. The Morgan fingerprint density at radius 2 is 2.25 bits per heavy atom. The summed E-state index contributed by atoms with van der Waals surface area (Å²) >= 11 is 3.23. The molecule has 0 aliphatic heterocycles. The normalized spacial score (nSPS) is 10.7. The maximum atomic E-state index is 13.4. The first kappa shape index (κ1) is 11.1. The molecule has 0 bridgehead atoms. The molecule has 0 saturated carbocycles. The third-order valence-electron chi connectivity index (χ3n) is 2.47. The number of nitrogens with zero attached hydrogens (tertiary/aromatic N) is 1. The van der Waals surface area contributed by atoms with Crippen LogP contribution in [0, 0.1) is 5.82 Å². The van der Waals surface area contributed by atoms with Crippen molar-refractivity contribution in [3.8, 4) is 11.3 Å². The third kappa shape index (κ3) is 1.71. The van der Waals surface area contributed by atoms with Gasteiger partial charge in [0, 0.05) is 11.1 Å². The molecule has 16 heavy (non-hydrogen) atoms. The van der Waals surface area contributed by atoms with Gasteiger partial charge >= 0.3 is 0 Å². The Morgan fingerprint density at radius 1 is 1.50 bits per heavy atom. The molecule has 2 rings (SSSR count). The van der Waals surface area contributed by atoms with Gasteiger partial charge in [-0.2, -0.15) is 5.10 Å². The number of aromatic amines is 1. The van der Waals surface area contributed by atoms with Crippen LogP contribution >= 0.6 is 15.9 Å². The van der Waals surface area contributed by atoms with E-state index in [4.69, 9.17) is 5.73 Å². The maximum Gasteiger partial charge on any atom is 0.149 e. The topological polar surface area (TPSA) is 54.7 Å². The van der Waals surface area contributed by atoms with Gasteiger partial charge < -0.3 is 5.73 Å². The number of nitrogens with two attached hydrogens (primary N) is 1. The number of halogens is 2. The van der Waals surface area contributed by atoms with Crippen molar-refractivity contribution in [3.63, 3.8) is 0 Å². The number of anilines is 1. The van der Waals surface area contributed by atoms with Gasteiger partial charge in [0.1, 0.15) is 11.6 Å². The third-order valence-corrected chi connectivity index (χ3v) is 3.28. The lowest BCUT2D eigenvalue weighted by molar-refractivity contribution is 0.621. The minimum atomic E-state index is -0.298. The molecular weight excluding hydrogens is 273 g/mol. The zero-order valence-corrected chi connectivity index (χ0v) is 10.3. The molecule has 84 valence electrons. The number of nitrogens with one attached hydrogen (secondary N) is 1. The highest BCUT2D eigenvalue weighted by Gasteiger charge is 2.14. The Bertz CT molecular complexity index is 522. The Morgan fingerprint density at radius 3 is 2.94 bits per heavy atom. The highest BCUT2D eigenvalue weighted by molar-refractivity contribution is 9.10. The van der Waals surface area contributed by atoms with Crippen LogP contribution in [0.2, 0.25) is 0 Å². The number of nitrogen functional groups attached to an aromatic ring is 1. The number of aromatic nitrogens is 2. The Balaban J connectivity index is 2.63. The van der Waals surface area contributed by atoms with E-state index < -0.39 is 0 Å². The summed E-state index contributed by atoms with van der Waals surface area (Å²) in [6.07, 6.45) is 0.751.